The van der Waals surface area contributed by atoms with Gasteiger partial charge >= 0.3 is 0 Å². The van der Waals surface area contributed by atoms with Crippen LogP contribution in [0.4, 0.5) is 0 Å². The highest BCUT2D eigenvalue weighted by Gasteiger charge is 2.23. The van der Waals surface area contributed by atoms with Gasteiger partial charge in [0.1, 0.15) is 5.69 Å². The van der Waals surface area contributed by atoms with E-state index in [9.17, 15) is 4.79 Å². The smallest absolute Gasteiger partial charge is 0.264 e. The first-order valence-electron chi connectivity index (χ1n) is 8.89. The second-order valence-electron chi connectivity index (χ2n) is 6.63. The lowest BCUT2D eigenvalue weighted by Crippen LogP contribution is -2.03. The lowest BCUT2D eigenvalue weighted by Gasteiger charge is -2.03. The van der Waals surface area contributed by atoms with Crippen LogP contribution < -0.4 is 0 Å². The predicted octanol–water partition coefficient (Wildman–Crippen LogP) is 5.27. The maximum Gasteiger partial charge on any atom is 0.264 e. The van der Waals surface area contributed by atoms with Crippen molar-refractivity contribution < 1.29 is 9.21 Å². The van der Waals surface area contributed by atoms with Crippen molar-refractivity contribution in [2.75, 3.05) is 0 Å². The standard InChI is InChI=1S/C22H18BrN3O2/c1-13-19(21(27)16-9-6-10-17(23)12-16)14(2)24-20(13)22-26-25-18(28-22)11-15-7-4-3-5-8-15/h3-10,12,24H,11H2,1-2H3. The molecule has 0 amide bonds. The van der Waals surface area contributed by atoms with Crippen LogP contribution in [0.15, 0.2) is 63.5 Å². The van der Waals surface area contributed by atoms with E-state index < -0.39 is 0 Å². The average Bonchev–Trinajstić information content (AvgIpc) is 3.26. The molecular weight excluding hydrogens is 418 g/mol. The van der Waals surface area contributed by atoms with Gasteiger partial charge in [-0.15, -0.1) is 10.2 Å². The van der Waals surface area contributed by atoms with Crippen LogP contribution in [0, 0.1) is 13.8 Å². The number of carbonyl (C=O) groups is 1. The molecule has 4 rings (SSSR count). The molecule has 4 aromatic rings. The van der Waals surface area contributed by atoms with Crippen LogP contribution in [0.5, 0.6) is 0 Å². The van der Waals surface area contributed by atoms with Crippen molar-refractivity contribution in [3.05, 3.63) is 92.9 Å². The Hall–Kier alpha value is -2.99. The quantitative estimate of drug-likeness (QED) is 0.433. The normalized spacial score (nSPS) is 11.0. The van der Waals surface area contributed by atoms with Crippen LogP contribution in [0.25, 0.3) is 11.6 Å². The number of aromatic amines is 1. The summed E-state index contributed by atoms with van der Waals surface area (Å²) in [6, 6.07) is 17.3. The fraction of sp³-hybridized carbons (Fsp3) is 0.136. The first kappa shape index (κ1) is 18.4. The van der Waals surface area contributed by atoms with Gasteiger partial charge in [-0.05, 0) is 37.1 Å². The highest BCUT2D eigenvalue weighted by molar-refractivity contribution is 9.10. The van der Waals surface area contributed by atoms with Crippen LogP contribution in [0.3, 0.4) is 0 Å². The SMILES string of the molecule is Cc1[nH]c(-c2nnc(Cc3ccccc3)o2)c(C)c1C(=O)c1cccc(Br)c1. The molecule has 28 heavy (non-hydrogen) atoms. The van der Waals surface area contributed by atoms with E-state index >= 15 is 0 Å². The molecular formula is C22H18BrN3O2. The number of halogens is 1. The van der Waals surface area contributed by atoms with E-state index in [4.69, 9.17) is 4.42 Å². The zero-order chi connectivity index (χ0) is 19.7. The van der Waals surface area contributed by atoms with Crippen molar-refractivity contribution in [3.63, 3.8) is 0 Å². The van der Waals surface area contributed by atoms with Gasteiger partial charge in [-0.3, -0.25) is 4.79 Å². The van der Waals surface area contributed by atoms with E-state index in [2.05, 4.69) is 31.1 Å². The minimum atomic E-state index is -0.0391. The summed E-state index contributed by atoms with van der Waals surface area (Å²) in [6.45, 7) is 3.77. The van der Waals surface area contributed by atoms with Gasteiger partial charge in [0.2, 0.25) is 5.89 Å². The lowest BCUT2D eigenvalue weighted by atomic mass is 10.00. The minimum absolute atomic E-state index is 0.0391. The molecule has 0 aliphatic heterocycles. The molecule has 0 radical (unpaired) electrons. The minimum Gasteiger partial charge on any atom is -0.419 e. The maximum atomic E-state index is 13.0. The van der Waals surface area contributed by atoms with Gasteiger partial charge in [0, 0.05) is 21.3 Å². The highest BCUT2D eigenvalue weighted by atomic mass is 79.9. The Morgan fingerprint density at radius 2 is 1.86 bits per heavy atom. The summed E-state index contributed by atoms with van der Waals surface area (Å²) < 4.78 is 6.72. The van der Waals surface area contributed by atoms with Gasteiger partial charge in [-0.2, -0.15) is 0 Å². The monoisotopic (exact) mass is 435 g/mol. The zero-order valence-corrected chi connectivity index (χ0v) is 17.1. The summed E-state index contributed by atoms with van der Waals surface area (Å²) in [7, 11) is 0. The fourth-order valence-corrected chi connectivity index (χ4v) is 3.67. The first-order valence-corrected chi connectivity index (χ1v) is 9.68. The van der Waals surface area contributed by atoms with Crippen molar-refractivity contribution in [3.8, 4) is 11.6 Å². The van der Waals surface area contributed by atoms with Gasteiger partial charge in [0.05, 0.1) is 6.42 Å². The number of hydrogen-bond donors (Lipinski definition) is 1. The molecule has 0 spiro atoms. The van der Waals surface area contributed by atoms with Crippen molar-refractivity contribution in [1.82, 2.24) is 15.2 Å². The third kappa shape index (κ3) is 3.55. The van der Waals surface area contributed by atoms with Crippen LogP contribution in [0.2, 0.25) is 0 Å². The van der Waals surface area contributed by atoms with Crippen LogP contribution >= 0.6 is 15.9 Å². The molecule has 0 aliphatic rings. The topological polar surface area (TPSA) is 71.8 Å². The second-order valence-corrected chi connectivity index (χ2v) is 7.54. The van der Waals surface area contributed by atoms with Gasteiger partial charge in [-0.1, -0.05) is 58.4 Å². The first-order chi connectivity index (χ1) is 13.5. The average molecular weight is 436 g/mol. The Kier molecular flexibility index (Phi) is 4.96. The largest absolute Gasteiger partial charge is 0.419 e. The number of aryl methyl sites for hydroxylation is 1. The number of rotatable bonds is 5. The van der Waals surface area contributed by atoms with E-state index in [-0.39, 0.29) is 5.78 Å². The molecule has 2 heterocycles. The number of ketones is 1. The maximum absolute atomic E-state index is 13.0. The van der Waals surface area contributed by atoms with Gasteiger partial charge in [-0.25, -0.2) is 0 Å². The van der Waals surface area contributed by atoms with Crippen molar-refractivity contribution in [2.45, 2.75) is 20.3 Å². The van der Waals surface area contributed by atoms with E-state index in [1.807, 2.05) is 68.4 Å². The van der Waals surface area contributed by atoms with Crippen LogP contribution in [-0.4, -0.2) is 21.0 Å². The van der Waals surface area contributed by atoms with Crippen molar-refractivity contribution in [1.29, 1.82) is 0 Å². The molecule has 5 nitrogen and oxygen atoms in total. The summed E-state index contributed by atoms with van der Waals surface area (Å²) in [5, 5.41) is 8.33. The third-order valence-corrected chi connectivity index (χ3v) is 5.12. The Labute approximate surface area is 171 Å². The van der Waals surface area contributed by atoms with Gasteiger partial charge < -0.3 is 9.40 Å². The van der Waals surface area contributed by atoms with E-state index in [1.165, 1.54) is 0 Å². The summed E-state index contributed by atoms with van der Waals surface area (Å²) in [5.74, 6) is 0.885. The molecule has 0 saturated carbocycles. The molecule has 0 unspecified atom stereocenters. The molecule has 0 bridgehead atoms. The number of nitrogens with one attached hydrogen (secondary N) is 1. The van der Waals surface area contributed by atoms with Crippen molar-refractivity contribution in [2.24, 2.45) is 0 Å². The van der Waals surface area contributed by atoms with Crippen LogP contribution in [0.1, 0.15) is 38.6 Å². The van der Waals surface area contributed by atoms with E-state index in [1.54, 1.807) is 0 Å². The number of carbonyl (C=O) groups excluding carboxylic acids is 1. The second kappa shape index (κ2) is 7.56. The fourth-order valence-electron chi connectivity index (χ4n) is 3.28. The molecule has 0 atom stereocenters. The molecule has 140 valence electrons. The van der Waals surface area contributed by atoms with Crippen molar-refractivity contribution >= 4 is 21.7 Å². The van der Waals surface area contributed by atoms with Gasteiger partial charge in [0.25, 0.3) is 5.89 Å². The summed E-state index contributed by atoms with van der Waals surface area (Å²) in [4.78, 5) is 16.3. The van der Waals surface area contributed by atoms with E-state index in [0.29, 0.717) is 35.0 Å². The summed E-state index contributed by atoms with van der Waals surface area (Å²) >= 11 is 3.42. The number of nitrogens with zero attached hydrogens (tertiary/aromatic N) is 2. The Bertz CT molecular complexity index is 1150. The Morgan fingerprint density at radius 3 is 2.61 bits per heavy atom. The number of hydrogen-bond acceptors (Lipinski definition) is 4. The summed E-state index contributed by atoms with van der Waals surface area (Å²) in [5.41, 5.74) is 4.63. The predicted molar refractivity (Wildman–Crippen MR) is 110 cm³/mol. The Balaban J connectivity index is 1.65. The zero-order valence-electron chi connectivity index (χ0n) is 15.5. The molecule has 2 aromatic heterocycles. The molecule has 2 aromatic carbocycles. The highest BCUT2D eigenvalue weighted by Crippen LogP contribution is 2.29. The lowest BCUT2D eigenvalue weighted by molar-refractivity contribution is 0.103. The van der Waals surface area contributed by atoms with E-state index in [0.717, 1.165) is 21.3 Å². The molecule has 0 saturated heterocycles. The third-order valence-electron chi connectivity index (χ3n) is 4.63. The molecule has 6 heteroatoms. The van der Waals surface area contributed by atoms with Gasteiger partial charge in [0.15, 0.2) is 5.78 Å². The number of aromatic nitrogens is 3. The number of benzene rings is 2. The Morgan fingerprint density at radius 1 is 1.07 bits per heavy atom. The number of H-pyrrole nitrogens is 1. The summed E-state index contributed by atoms with van der Waals surface area (Å²) in [6.07, 6.45) is 0.566. The molecule has 0 aliphatic carbocycles. The van der Waals surface area contributed by atoms with Crippen LogP contribution in [-0.2, 0) is 6.42 Å². The molecule has 1 N–H and O–H groups in total. The molecule has 0 fully saturated rings.